The Bertz CT molecular complexity index is 612. The highest BCUT2D eigenvalue weighted by molar-refractivity contribution is 8.16. The van der Waals surface area contributed by atoms with Gasteiger partial charge < -0.3 is 9.80 Å². The molecule has 22 heavy (non-hydrogen) atoms. The first kappa shape index (κ1) is 16.9. The minimum absolute atomic E-state index is 0. The van der Waals surface area contributed by atoms with Gasteiger partial charge in [0.2, 0.25) is 5.91 Å². The van der Waals surface area contributed by atoms with Gasteiger partial charge in [-0.25, -0.2) is 0 Å². The summed E-state index contributed by atoms with van der Waals surface area (Å²) in [6.07, 6.45) is 1.11. The van der Waals surface area contributed by atoms with Crippen LogP contribution in [-0.2, 0) is 11.3 Å². The monoisotopic (exact) mass is 337 g/mol. The number of carbonyl (C=O) groups excluding carboxylic acids is 1. The number of aliphatic imine (C=N–C) groups is 1. The van der Waals surface area contributed by atoms with Crippen LogP contribution >= 0.6 is 24.2 Å². The molecule has 0 atom stereocenters. The summed E-state index contributed by atoms with van der Waals surface area (Å²) < 4.78 is 0. The second-order valence-corrected chi connectivity index (χ2v) is 6.20. The van der Waals surface area contributed by atoms with Crippen LogP contribution in [0.4, 0.5) is 0 Å². The molecule has 0 N–H and O–H groups in total. The number of thioether (sulfide) groups is 1. The zero-order valence-corrected chi connectivity index (χ0v) is 14.4. The van der Waals surface area contributed by atoms with Crippen molar-refractivity contribution in [3.63, 3.8) is 0 Å². The number of benzene rings is 1. The smallest absolute Gasteiger partial charge is 0.219 e. The Kier molecular flexibility index (Phi) is 5.53. The summed E-state index contributed by atoms with van der Waals surface area (Å²) in [6, 6.07) is 8.46. The number of hydrogen-bond acceptors (Lipinski definition) is 4. The Morgan fingerprint density at radius 1 is 1.36 bits per heavy atom. The van der Waals surface area contributed by atoms with Gasteiger partial charge in [0, 0.05) is 39.0 Å². The van der Waals surface area contributed by atoms with Crippen LogP contribution in [0.2, 0.25) is 0 Å². The van der Waals surface area contributed by atoms with Crippen molar-refractivity contribution < 1.29 is 4.79 Å². The first-order valence-corrected chi connectivity index (χ1v) is 8.03. The van der Waals surface area contributed by atoms with Crippen LogP contribution in [0.25, 0.3) is 5.70 Å². The summed E-state index contributed by atoms with van der Waals surface area (Å²) >= 11 is 1.71. The number of amides is 1. The van der Waals surface area contributed by atoms with Crippen LogP contribution in [-0.4, -0.2) is 41.0 Å². The fourth-order valence-electron chi connectivity index (χ4n) is 2.47. The van der Waals surface area contributed by atoms with E-state index in [9.17, 15) is 4.79 Å². The molecule has 6 heteroatoms. The van der Waals surface area contributed by atoms with E-state index >= 15 is 0 Å². The van der Waals surface area contributed by atoms with Crippen LogP contribution in [0.5, 0.6) is 0 Å². The maximum atomic E-state index is 11.3. The highest BCUT2D eigenvalue weighted by atomic mass is 35.5. The quantitative estimate of drug-likeness (QED) is 0.849. The molecule has 1 amide bonds. The summed E-state index contributed by atoms with van der Waals surface area (Å²) in [5.74, 6) is 0.0862. The molecular formula is C16H20ClN3OS. The summed E-state index contributed by atoms with van der Waals surface area (Å²) in [5.41, 5.74) is 3.60. The van der Waals surface area contributed by atoms with E-state index in [-0.39, 0.29) is 18.3 Å². The molecule has 0 aliphatic carbocycles. The van der Waals surface area contributed by atoms with Crippen molar-refractivity contribution in [2.75, 3.05) is 20.1 Å². The van der Waals surface area contributed by atoms with Crippen LogP contribution in [0.3, 0.4) is 0 Å². The Morgan fingerprint density at radius 3 is 2.77 bits per heavy atom. The number of nitrogens with zero attached hydrogens (tertiary/aromatic N) is 3. The largest absolute Gasteiger partial charge is 0.342 e. The summed E-state index contributed by atoms with van der Waals surface area (Å²) in [7, 11) is 1.82. The van der Waals surface area contributed by atoms with Crippen molar-refractivity contribution in [2.24, 2.45) is 4.99 Å². The van der Waals surface area contributed by atoms with Crippen LogP contribution in [0.15, 0.2) is 34.7 Å². The summed E-state index contributed by atoms with van der Waals surface area (Å²) in [6.45, 7) is 4.23. The molecule has 2 aliphatic rings. The van der Waals surface area contributed by atoms with Crippen molar-refractivity contribution in [3.8, 4) is 0 Å². The normalized spacial score (nSPS) is 16.4. The fourth-order valence-corrected chi connectivity index (χ4v) is 3.43. The maximum Gasteiger partial charge on any atom is 0.219 e. The molecule has 0 saturated carbocycles. The fraction of sp³-hybridized carbons (Fsp3) is 0.375. The van der Waals surface area contributed by atoms with Gasteiger partial charge in [-0.3, -0.25) is 9.79 Å². The molecule has 1 aromatic carbocycles. The van der Waals surface area contributed by atoms with Crippen LogP contribution < -0.4 is 0 Å². The predicted molar refractivity (Wildman–Crippen MR) is 95.0 cm³/mol. The molecule has 118 valence electrons. The Morgan fingerprint density at radius 2 is 2.09 bits per heavy atom. The second kappa shape index (κ2) is 7.20. The standard InChI is InChI=1S/C16H19N3OS.ClH/c1-12(20)18(2)10-13-4-6-14(7-5-13)15-11-21-16-17-8-3-9-19(15)16;/h4-7,11H,3,8-10H2,1-2H3;1H. The lowest BCUT2D eigenvalue weighted by Crippen LogP contribution is -2.29. The molecule has 2 heterocycles. The molecule has 0 fully saturated rings. The van der Waals surface area contributed by atoms with E-state index < -0.39 is 0 Å². The third-order valence-electron chi connectivity index (χ3n) is 3.79. The van der Waals surface area contributed by atoms with Crippen molar-refractivity contribution >= 4 is 40.9 Å². The number of rotatable bonds is 3. The number of fused-ring (bicyclic) bond motifs is 1. The number of halogens is 1. The van der Waals surface area contributed by atoms with Crippen molar-refractivity contribution in [2.45, 2.75) is 19.9 Å². The van der Waals surface area contributed by atoms with Gasteiger partial charge in [-0.15, -0.1) is 12.4 Å². The van der Waals surface area contributed by atoms with Gasteiger partial charge in [0.15, 0.2) is 5.17 Å². The Hall–Kier alpha value is -1.46. The van der Waals surface area contributed by atoms with E-state index in [0.29, 0.717) is 6.54 Å². The maximum absolute atomic E-state index is 11.3. The van der Waals surface area contributed by atoms with Gasteiger partial charge in [0.05, 0.1) is 5.70 Å². The van der Waals surface area contributed by atoms with E-state index in [4.69, 9.17) is 0 Å². The van der Waals surface area contributed by atoms with E-state index in [2.05, 4.69) is 39.6 Å². The van der Waals surface area contributed by atoms with Crippen LogP contribution in [0.1, 0.15) is 24.5 Å². The molecule has 3 rings (SSSR count). The third-order valence-corrected chi connectivity index (χ3v) is 4.69. The van der Waals surface area contributed by atoms with E-state index in [1.165, 1.54) is 11.3 Å². The zero-order chi connectivity index (χ0) is 14.8. The van der Waals surface area contributed by atoms with Gasteiger partial charge in [-0.2, -0.15) is 0 Å². The first-order valence-electron chi connectivity index (χ1n) is 7.15. The van der Waals surface area contributed by atoms with Gasteiger partial charge in [0.1, 0.15) is 0 Å². The lowest BCUT2D eigenvalue weighted by atomic mass is 10.1. The molecule has 2 aliphatic heterocycles. The summed E-state index contributed by atoms with van der Waals surface area (Å²) in [5, 5.41) is 3.30. The Labute approximate surface area is 141 Å². The molecule has 0 unspecified atom stereocenters. The average Bonchev–Trinajstić information content (AvgIpc) is 2.92. The average molecular weight is 338 g/mol. The minimum atomic E-state index is 0. The van der Waals surface area contributed by atoms with E-state index in [1.54, 1.807) is 23.6 Å². The molecular weight excluding hydrogens is 318 g/mol. The highest BCUT2D eigenvalue weighted by Crippen LogP contribution is 2.34. The number of hydrogen-bond donors (Lipinski definition) is 0. The second-order valence-electron chi connectivity index (χ2n) is 5.36. The molecule has 1 aromatic rings. The van der Waals surface area contributed by atoms with Gasteiger partial charge in [-0.1, -0.05) is 36.0 Å². The lowest BCUT2D eigenvalue weighted by molar-refractivity contribution is -0.128. The summed E-state index contributed by atoms with van der Waals surface area (Å²) in [4.78, 5) is 19.8. The first-order chi connectivity index (χ1) is 10.1. The zero-order valence-electron chi connectivity index (χ0n) is 12.8. The SMILES string of the molecule is CC(=O)N(C)Cc1ccc(C2=CSC3=NCCCN23)cc1.Cl. The minimum Gasteiger partial charge on any atom is -0.342 e. The Balaban J connectivity index is 0.00000176. The molecule has 0 saturated heterocycles. The number of carbonyl (C=O) groups is 1. The molecule has 0 radical (unpaired) electrons. The lowest BCUT2D eigenvalue weighted by Gasteiger charge is -2.25. The third kappa shape index (κ3) is 3.47. The van der Waals surface area contributed by atoms with Gasteiger partial charge in [-0.05, 0) is 17.5 Å². The molecule has 0 aromatic heterocycles. The molecule has 4 nitrogen and oxygen atoms in total. The number of amidine groups is 1. The molecule has 0 bridgehead atoms. The topological polar surface area (TPSA) is 35.9 Å². The van der Waals surface area contributed by atoms with Crippen molar-refractivity contribution in [1.82, 2.24) is 9.80 Å². The molecule has 0 spiro atoms. The van der Waals surface area contributed by atoms with Crippen molar-refractivity contribution in [3.05, 3.63) is 40.8 Å². The highest BCUT2D eigenvalue weighted by Gasteiger charge is 2.25. The van der Waals surface area contributed by atoms with Gasteiger partial charge >= 0.3 is 0 Å². The van der Waals surface area contributed by atoms with E-state index in [1.807, 2.05) is 7.05 Å². The predicted octanol–water partition coefficient (Wildman–Crippen LogP) is 3.19. The van der Waals surface area contributed by atoms with Crippen LogP contribution in [0, 0.1) is 0 Å². The van der Waals surface area contributed by atoms with E-state index in [0.717, 1.165) is 30.2 Å². The van der Waals surface area contributed by atoms with Gasteiger partial charge in [0.25, 0.3) is 0 Å². The van der Waals surface area contributed by atoms with Crippen molar-refractivity contribution in [1.29, 1.82) is 0 Å².